The molecular formula is C30H37F4N3O8. The minimum atomic E-state index is -5.08. The number of carbonyl (C=O) groups is 3. The summed E-state index contributed by atoms with van der Waals surface area (Å²) in [4.78, 5) is 36.9. The van der Waals surface area contributed by atoms with Gasteiger partial charge in [0.1, 0.15) is 11.6 Å². The molecule has 11 nitrogen and oxygen atoms in total. The topological polar surface area (TPSA) is 150 Å². The summed E-state index contributed by atoms with van der Waals surface area (Å²) in [6.07, 6.45) is -5.08. The van der Waals surface area contributed by atoms with Crippen LogP contribution in [0.3, 0.4) is 0 Å². The minimum Gasteiger partial charge on any atom is -0.490 e. The van der Waals surface area contributed by atoms with Crippen LogP contribution >= 0.6 is 0 Å². The van der Waals surface area contributed by atoms with Crippen molar-refractivity contribution in [2.75, 3.05) is 45.4 Å². The lowest BCUT2D eigenvalue weighted by Gasteiger charge is -2.28. The molecule has 0 fully saturated rings. The van der Waals surface area contributed by atoms with Gasteiger partial charge in [-0.05, 0) is 43.0 Å². The molecule has 0 aliphatic carbocycles. The molecule has 0 amide bonds. The van der Waals surface area contributed by atoms with E-state index in [9.17, 15) is 22.8 Å². The van der Waals surface area contributed by atoms with Crippen molar-refractivity contribution in [3.05, 3.63) is 46.3 Å². The number of carboxylic acids is 2. The van der Waals surface area contributed by atoms with Gasteiger partial charge in [-0.15, -0.1) is 0 Å². The zero-order chi connectivity index (χ0) is 34.4. The van der Waals surface area contributed by atoms with E-state index in [0.29, 0.717) is 34.7 Å². The summed E-state index contributed by atoms with van der Waals surface area (Å²) in [7, 11) is 3.57. The number of benzene rings is 2. The van der Waals surface area contributed by atoms with Gasteiger partial charge in [0.05, 0.1) is 31.0 Å². The first-order chi connectivity index (χ1) is 20.7. The highest BCUT2D eigenvalue weighted by atomic mass is 19.4. The summed E-state index contributed by atoms with van der Waals surface area (Å²) in [6.45, 7) is 9.46. The summed E-state index contributed by atoms with van der Waals surface area (Å²) in [5.41, 5.74) is 1.83. The second-order valence-electron chi connectivity index (χ2n) is 11.0. The van der Waals surface area contributed by atoms with E-state index in [2.05, 4.69) is 0 Å². The van der Waals surface area contributed by atoms with Crippen molar-refractivity contribution in [1.82, 2.24) is 4.90 Å². The molecule has 3 rings (SSSR count). The Morgan fingerprint density at radius 1 is 0.978 bits per heavy atom. The van der Waals surface area contributed by atoms with Crippen LogP contribution in [0.25, 0.3) is 0 Å². The molecule has 2 aromatic rings. The van der Waals surface area contributed by atoms with Gasteiger partial charge in [0.2, 0.25) is 0 Å². The molecule has 1 heterocycles. The monoisotopic (exact) mass is 643 g/mol. The number of halogens is 4. The van der Waals surface area contributed by atoms with Gasteiger partial charge in [0.15, 0.2) is 29.7 Å². The van der Waals surface area contributed by atoms with Crippen LogP contribution < -0.4 is 19.1 Å². The van der Waals surface area contributed by atoms with Gasteiger partial charge < -0.3 is 34.2 Å². The Kier molecular flexibility index (Phi) is 11.8. The summed E-state index contributed by atoms with van der Waals surface area (Å²) in [5, 5.41) is 24.9. The highest BCUT2D eigenvalue weighted by molar-refractivity contribution is 6.06. The predicted octanol–water partition coefficient (Wildman–Crippen LogP) is 5.11. The van der Waals surface area contributed by atoms with E-state index in [4.69, 9.17) is 34.6 Å². The number of hydrogen-bond donors (Lipinski definition) is 3. The number of fused-ring (bicyclic) bond motifs is 1. The van der Waals surface area contributed by atoms with Crippen molar-refractivity contribution in [2.45, 2.75) is 52.8 Å². The maximum atomic E-state index is 15.4. The normalized spacial score (nSPS) is 12.6. The highest BCUT2D eigenvalue weighted by Crippen LogP contribution is 2.41. The number of alkyl halides is 3. The summed E-state index contributed by atoms with van der Waals surface area (Å²) in [6, 6.07) is 5.03. The lowest BCUT2D eigenvalue weighted by molar-refractivity contribution is -0.192. The largest absolute Gasteiger partial charge is 0.490 e. The van der Waals surface area contributed by atoms with E-state index in [1.165, 1.54) is 4.90 Å². The average Bonchev–Trinajstić information content (AvgIpc) is 3.22. The lowest BCUT2D eigenvalue weighted by Crippen LogP contribution is -2.31. The number of rotatable bonds is 11. The van der Waals surface area contributed by atoms with Gasteiger partial charge in [-0.3, -0.25) is 10.2 Å². The molecule has 3 N–H and O–H groups in total. The Bertz CT molecular complexity index is 1450. The molecular weight excluding hydrogens is 606 g/mol. The van der Waals surface area contributed by atoms with Gasteiger partial charge in [-0.1, -0.05) is 20.8 Å². The Morgan fingerprint density at radius 3 is 2.02 bits per heavy atom. The molecule has 0 aromatic heterocycles. The fourth-order valence-electron chi connectivity index (χ4n) is 4.37. The first kappa shape index (κ1) is 36.6. The van der Waals surface area contributed by atoms with Gasteiger partial charge >= 0.3 is 18.1 Å². The number of carboxylic acid groups (broad SMARTS) is 2. The van der Waals surface area contributed by atoms with E-state index < -0.39 is 36.0 Å². The van der Waals surface area contributed by atoms with Crippen LogP contribution in [0.2, 0.25) is 0 Å². The molecule has 45 heavy (non-hydrogen) atoms. The molecule has 0 atom stereocenters. The number of nitrogens with zero attached hydrogens (tertiary/aromatic N) is 2. The Hall–Kier alpha value is -4.56. The van der Waals surface area contributed by atoms with Crippen LogP contribution in [0.15, 0.2) is 18.2 Å². The van der Waals surface area contributed by atoms with Crippen molar-refractivity contribution in [1.29, 1.82) is 5.41 Å². The number of amidine groups is 1. The summed E-state index contributed by atoms with van der Waals surface area (Å²) in [5.74, 6) is -4.25. The Balaban J connectivity index is 0.000000900. The van der Waals surface area contributed by atoms with Crippen LogP contribution in [0.4, 0.5) is 23.2 Å². The number of ketones is 1. The number of hydrogen-bond acceptors (Lipinski definition) is 8. The molecule has 0 radical (unpaired) electrons. The Morgan fingerprint density at radius 2 is 1.56 bits per heavy atom. The average molecular weight is 644 g/mol. The smallest absolute Gasteiger partial charge is 0.490 e. The molecule has 248 valence electrons. The number of ether oxygens (including phenoxy) is 3. The molecule has 15 heteroatoms. The zero-order valence-electron chi connectivity index (χ0n) is 26.0. The lowest BCUT2D eigenvalue weighted by atomic mass is 9.84. The number of anilines is 1. The number of aliphatic carboxylic acids is 2. The number of nitrogens with one attached hydrogen (secondary N) is 1. The van der Waals surface area contributed by atoms with Crippen molar-refractivity contribution in [2.24, 2.45) is 0 Å². The molecule has 0 saturated carbocycles. The quantitative estimate of drug-likeness (QED) is 0.223. The zero-order valence-corrected chi connectivity index (χ0v) is 26.0. The van der Waals surface area contributed by atoms with Crippen LogP contribution in [-0.4, -0.2) is 85.3 Å². The Labute approximate surface area is 257 Å². The second kappa shape index (κ2) is 14.5. The fourth-order valence-corrected chi connectivity index (χ4v) is 4.37. The number of carbonyl (C=O) groups excluding carboxylic acids is 1. The van der Waals surface area contributed by atoms with Crippen LogP contribution in [0.5, 0.6) is 17.2 Å². The molecule has 0 bridgehead atoms. The van der Waals surface area contributed by atoms with E-state index in [-0.39, 0.29) is 48.4 Å². The summed E-state index contributed by atoms with van der Waals surface area (Å²) < 4.78 is 63.8. The first-order valence-corrected chi connectivity index (χ1v) is 13.7. The summed E-state index contributed by atoms with van der Waals surface area (Å²) >= 11 is 0. The van der Waals surface area contributed by atoms with Crippen molar-refractivity contribution in [3.63, 3.8) is 0 Å². The van der Waals surface area contributed by atoms with Crippen LogP contribution in [-0.2, 0) is 21.5 Å². The highest BCUT2D eigenvalue weighted by Gasteiger charge is 2.38. The van der Waals surface area contributed by atoms with Crippen molar-refractivity contribution >= 4 is 29.2 Å². The fraction of sp³-hybridized carbons (Fsp3) is 0.467. The van der Waals surface area contributed by atoms with Crippen molar-refractivity contribution < 1.29 is 56.4 Å². The molecule has 1 aliphatic rings. The van der Waals surface area contributed by atoms with E-state index in [1.54, 1.807) is 51.0 Å². The second-order valence-corrected chi connectivity index (χ2v) is 11.0. The van der Waals surface area contributed by atoms with Gasteiger partial charge in [-0.2, -0.15) is 13.2 Å². The van der Waals surface area contributed by atoms with Gasteiger partial charge in [-0.25, -0.2) is 14.0 Å². The molecule has 0 spiro atoms. The minimum absolute atomic E-state index is 0.0339. The van der Waals surface area contributed by atoms with E-state index in [1.807, 2.05) is 20.8 Å². The number of Topliss-reactive ketones (excluding diaryl/α,β-unsaturated/α-hetero) is 1. The third kappa shape index (κ3) is 8.99. The maximum absolute atomic E-state index is 15.4. The molecule has 0 saturated heterocycles. The van der Waals surface area contributed by atoms with E-state index >= 15 is 4.39 Å². The molecule has 1 aliphatic heterocycles. The molecule has 0 unspecified atom stereocenters. The van der Waals surface area contributed by atoms with Crippen LogP contribution in [0.1, 0.15) is 61.7 Å². The third-order valence-corrected chi connectivity index (χ3v) is 6.37. The maximum Gasteiger partial charge on any atom is 0.490 e. The van der Waals surface area contributed by atoms with Gasteiger partial charge in [0, 0.05) is 31.8 Å². The van der Waals surface area contributed by atoms with Crippen molar-refractivity contribution in [3.8, 4) is 17.2 Å². The predicted molar refractivity (Wildman–Crippen MR) is 157 cm³/mol. The first-order valence-electron chi connectivity index (χ1n) is 13.7. The molecule has 2 aromatic carbocycles. The van der Waals surface area contributed by atoms with E-state index in [0.717, 1.165) is 0 Å². The standard InChI is InChI=1S/C28H36FN3O6.C2HF3O2/c1-8-36-21-12-17-13-32(27(30)23(17)24(29)26(21)37-9-2)14-20(33)16-10-18(28(3,4)5)25(38-15-22(34)35)19(11-16)31(6)7;3-2(4,5)1(6)7/h10-12,30H,8-9,13-15H2,1-7H3,(H,34,35);(H,6,7). The van der Waals surface area contributed by atoms with Crippen LogP contribution in [0, 0.1) is 11.2 Å². The van der Waals surface area contributed by atoms with Gasteiger partial charge in [0.25, 0.3) is 0 Å². The SMILES string of the molecule is CCOc1cc2c(c(F)c1OCC)C(=N)N(CC(=O)c1cc(N(C)C)c(OCC(=O)O)c(C(C)(C)C)c1)C2.O=C(O)C(F)(F)F. The third-order valence-electron chi connectivity index (χ3n) is 6.37.